The number of hydrogen-bond acceptors (Lipinski definition) is 7. The van der Waals surface area contributed by atoms with Gasteiger partial charge in [-0.15, -0.1) is 0 Å². The van der Waals surface area contributed by atoms with E-state index in [1.165, 1.54) is 13.2 Å². The topological polar surface area (TPSA) is 115 Å². The number of ether oxygens (including phenoxy) is 1. The Morgan fingerprint density at radius 3 is 2.34 bits per heavy atom. The first-order chi connectivity index (χ1) is 17.5. The Hall–Kier alpha value is -2.41. The van der Waals surface area contributed by atoms with E-state index in [1.54, 1.807) is 6.92 Å². The van der Waals surface area contributed by atoms with Crippen molar-refractivity contribution in [2.24, 2.45) is 39.4 Å². The van der Waals surface area contributed by atoms with Gasteiger partial charge in [-0.1, -0.05) is 40.2 Å². The lowest BCUT2D eigenvalue weighted by atomic mass is 9.42. The summed E-state index contributed by atoms with van der Waals surface area (Å²) in [6.45, 7) is 13.1. The van der Waals surface area contributed by atoms with Crippen LogP contribution in [-0.4, -0.2) is 47.4 Å². The molecule has 7 heteroatoms. The minimum atomic E-state index is -1.06. The van der Waals surface area contributed by atoms with Crippen molar-refractivity contribution >= 4 is 29.1 Å². The molecule has 4 rings (SSSR count). The number of aliphatic hydroxyl groups is 1. The maximum absolute atomic E-state index is 14.1. The molecule has 4 aliphatic rings. The van der Waals surface area contributed by atoms with Crippen molar-refractivity contribution in [1.82, 2.24) is 0 Å². The van der Waals surface area contributed by atoms with E-state index < -0.39 is 39.7 Å². The molecule has 4 aliphatic carbocycles. The number of carbonyl (C=O) groups is 5. The highest BCUT2D eigenvalue weighted by Crippen LogP contribution is 2.70. The summed E-state index contributed by atoms with van der Waals surface area (Å²) >= 11 is 0. The molecular weight excluding hydrogens is 484 g/mol. The summed E-state index contributed by atoms with van der Waals surface area (Å²) in [6, 6.07) is 0. The lowest BCUT2D eigenvalue weighted by Crippen LogP contribution is -2.59. The van der Waals surface area contributed by atoms with Crippen LogP contribution < -0.4 is 0 Å². The molecule has 0 spiro atoms. The summed E-state index contributed by atoms with van der Waals surface area (Å²) in [4.78, 5) is 65.4. The largest absolute Gasteiger partial charge is 0.469 e. The van der Waals surface area contributed by atoms with Crippen molar-refractivity contribution in [2.45, 2.75) is 93.1 Å². The number of Topliss-reactive ketones (excluding diaryl/α,β-unsaturated/α-hetero) is 3. The van der Waals surface area contributed by atoms with Gasteiger partial charge in [-0.05, 0) is 55.6 Å². The van der Waals surface area contributed by atoms with Crippen molar-refractivity contribution in [1.29, 1.82) is 0 Å². The van der Waals surface area contributed by atoms with Gasteiger partial charge in [0.1, 0.15) is 11.6 Å². The van der Waals surface area contributed by atoms with Crippen molar-refractivity contribution in [3.8, 4) is 0 Å². The maximum Gasteiger partial charge on any atom is 0.308 e. The van der Waals surface area contributed by atoms with Gasteiger partial charge in [-0.25, -0.2) is 0 Å². The number of aliphatic hydroxyl groups excluding tert-OH is 1. The second-order valence-electron chi connectivity index (χ2n) is 13.5. The third kappa shape index (κ3) is 3.75. The van der Waals surface area contributed by atoms with Crippen LogP contribution in [0.5, 0.6) is 0 Å². The molecule has 0 heterocycles. The Kier molecular flexibility index (Phi) is 6.83. The van der Waals surface area contributed by atoms with Crippen LogP contribution in [0.4, 0.5) is 0 Å². The second kappa shape index (κ2) is 9.07. The van der Waals surface area contributed by atoms with Crippen LogP contribution in [0.15, 0.2) is 22.8 Å². The number of carbonyl (C=O) groups excluding carboxylic acids is 5. The molecule has 0 aromatic rings. The van der Waals surface area contributed by atoms with Gasteiger partial charge in [0.15, 0.2) is 11.6 Å². The van der Waals surface area contributed by atoms with E-state index in [9.17, 15) is 29.1 Å². The molecule has 0 radical (unpaired) electrons. The fourth-order valence-electron chi connectivity index (χ4n) is 8.71. The quantitative estimate of drug-likeness (QED) is 0.418. The Labute approximate surface area is 225 Å². The smallest absolute Gasteiger partial charge is 0.308 e. The number of rotatable bonds is 5. The monoisotopic (exact) mass is 526 g/mol. The first-order valence-corrected chi connectivity index (χ1v) is 13.8. The van der Waals surface area contributed by atoms with Crippen LogP contribution in [0.1, 0.15) is 87.0 Å². The predicted molar refractivity (Wildman–Crippen MR) is 141 cm³/mol. The average Bonchev–Trinajstić information content (AvgIpc) is 3.03. The van der Waals surface area contributed by atoms with Gasteiger partial charge in [0.05, 0.1) is 24.5 Å². The normalized spacial score (nSPS) is 39.3. The second-order valence-corrected chi connectivity index (χ2v) is 13.5. The van der Waals surface area contributed by atoms with Crippen molar-refractivity contribution in [3.05, 3.63) is 22.8 Å². The van der Waals surface area contributed by atoms with Gasteiger partial charge in [0.25, 0.3) is 0 Å². The number of fused-ring (bicyclic) bond motifs is 4. The molecule has 2 saturated carbocycles. The van der Waals surface area contributed by atoms with Gasteiger partial charge in [-0.2, -0.15) is 0 Å². The number of allylic oxidation sites excluding steroid dienone is 3. The highest BCUT2D eigenvalue weighted by atomic mass is 16.5. The first-order valence-electron chi connectivity index (χ1n) is 13.8. The Bertz CT molecular complexity index is 1190. The molecular formula is C31H42O7. The molecule has 0 bridgehead atoms. The molecule has 0 aromatic carbocycles. The third-order valence-electron chi connectivity index (χ3n) is 11.1. The zero-order valence-electron chi connectivity index (χ0n) is 24.0. The summed E-state index contributed by atoms with van der Waals surface area (Å²) in [7, 11) is 1.29. The van der Waals surface area contributed by atoms with Crippen LogP contribution >= 0.6 is 0 Å². The first kappa shape index (κ1) is 28.6. The maximum atomic E-state index is 14.1. The van der Waals surface area contributed by atoms with Crippen LogP contribution in [0, 0.1) is 39.4 Å². The molecule has 7 atom stereocenters. The Morgan fingerprint density at radius 2 is 1.74 bits per heavy atom. The van der Waals surface area contributed by atoms with E-state index >= 15 is 0 Å². The van der Waals surface area contributed by atoms with Crippen LogP contribution in [-0.2, 0) is 28.7 Å². The average molecular weight is 527 g/mol. The summed E-state index contributed by atoms with van der Waals surface area (Å²) in [5.41, 5.74) is -1.29. The van der Waals surface area contributed by atoms with Gasteiger partial charge < -0.3 is 9.84 Å². The van der Waals surface area contributed by atoms with E-state index in [0.29, 0.717) is 36.0 Å². The zero-order chi connectivity index (χ0) is 28.6. The van der Waals surface area contributed by atoms with Crippen LogP contribution in [0.3, 0.4) is 0 Å². The molecule has 208 valence electrons. The summed E-state index contributed by atoms with van der Waals surface area (Å²) in [5.74, 6) is -1.74. The van der Waals surface area contributed by atoms with Gasteiger partial charge in [0.2, 0.25) is 0 Å². The molecule has 1 N–H and O–H groups in total. The Morgan fingerprint density at radius 1 is 1.11 bits per heavy atom. The minimum Gasteiger partial charge on any atom is -0.469 e. The van der Waals surface area contributed by atoms with Crippen molar-refractivity contribution in [2.75, 3.05) is 7.11 Å². The van der Waals surface area contributed by atoms with Gasteiger partial charge in [-0.3, -0.25) is 24.0 Å². The summed E-state index contributed by atoms with van der Waals surface area (Å²) < 4.78 is 4.73. The zero-order valence-corrected chi connectivity index (χ0v) is 24.0. The van der Waals surface area contributed by atoms with E-state index in [0.717, 1.165) is 0 Å². The standard InChI is InChI=1S/C31H42O7/c1-16(11-18(32)12-17(2)27(37)38-8)19-13-24(36)31(7)26-20(33)14-22-28(3,4)23(35)9-10-29(22,5)25(26)21(34)15-30(19,31)6/h11,17,19-20,22,33H,9-10,12-15H2,1-8H3/b16-11+/t17?,19-,20+,22+,29+,30-,31+/m1/s1. The molecule has 2 fully saturated rings. The van der Waals surface area contributed by atoms with Crippen LogP contribution in [0.25, 0.3) is 0 Å². The number of methoxy groups -OCH3 is 1. The Balaban J connectivity index is 1.78. The van der Waals surface area contributed by atoms with E-state index in [-0.39, 0.29) is 54.2 Å². The number of hydrogen-bond donors (Lipinski definition) is 1. The minimum absolute atomic E-state index is 0.000143. The molecule has 1 unspecified atom stereocenters. The highest BCUT2D eigenvalue weighted by Gasteiger charge is 2.70. The SMILES string of the molecule is COC(=O)C(C)CC(=O)/C=C(\C)[C@H]1CC(=O)[C@@]2(C)C3=C(C(=O)C[C@]12C)[C@@]1(C)CCC(=O)C(C)(C)[C@@H]1C[C@@H]3O. The van der Waals surface area contributed by atoms with Gasteiger partial charge in [0, 0.05) is 42.1 Å². The van der Waals surface area contributed by atoms with E-state index in [2.05, 4.69) is 0 Å². The molecule has 38 heavy (non-hydrogen) atoms. The summed E-state index contributed by atoms with van der Waals surface area (Å²) in [6.07, 6.45) is 2.08. The lowest BCUT2D eigenvalue weighted by molar-refractivity contribution is -0.146. The fourth-order valence-corrected chi connectivity index (χ4v) is 8.71. The van der Waals surface area contributed by atoms with E-state index in [4.69, 9.17) is 4.74 Å². The fraction of sp³-hybridized carbons (Fsp3) is 0.710. The van der Waals surface area contributed by atoms with E-state index in [1.807, 2.05) is 41.5 Å². The van der Waals surface area contributed by atoms with Crippen LogP contribution in [0.2, 0.25) is 0 Å². The lowest BCUT2D eigenvalue weighted by Gasteiger charge is -2.60. The molecule has 0 aromatic heterocycles. The number of ketones is 4. The highest BCUT2D eigenvalue weighted by molar-refractivity contribution is 6.06. The number of esters is 1. The predicted octanol–water partition coefficient (Wildman–Crippen LogP) is 4.35. The van der Waals surface area contributed by atoms with Crippen molar-refractivity contribution < 1.29 is 33.8 Å². The molecule has 0 saturated heterocycles. The van der Waals surface area contributed by atoms with Crippen molar-refractivity contribution in [3.63, 3.8) is 0 Å². The van der Waals surface area contributed by atoms with Gasteiger partial charge >= 0.3 is 5.97 Å². The molecule has 7 nitrogen and oxygen atoms in total. The molecule has 0 aliphatic heterocycles. The summed E-state index contributed by atoms with van der Waals surface area (Å²) in [5, 5.41) is 11.6. The third-order valence-corrected chi connectivity index (χ3v) is 11.1. The molecule has 0 amide bonds.